The van der Waals surface area contributed by atoms with E-state index >= 15 is 0 Å². The van der Waals surface area contributed by atoms with Gasteiger partial charge in [0.05, 0.1) is 23.4 Å². The van der Waals surface area contributed by atoms with Crippen LogP contribution in [0.4, 0.5) is 0 Å². The lowest BCUT2D eigenvalue weighted by Crippen LogP contribution is -2.31. The van der Waals surface area contributed by atoms with Crippen molar-refractivity contribution in [2.45, 2.75) is 25.4 Å². The maximum Gasteiger partial charge on any atom is 0.310 e. The van der Waals surface area contributed by atoms with Crippen LogP contribution in [0.2, 0.25) is 0 Å². The topological polar surface area (TPSA) is 52.3 Å². The minimum atomic E-state index is -0.107. The molecule has 0 bridgehead atoms. The molecule has 1 fully saturated rings. The van der Waals surface area contributed by atoms with Gasteiger partial charge in [0.15, 0.2) is 0 Å². The lowest BCUT2D eigenvalue weighted by atomic mass is 9.71. The Morgan fingerprint density at radius 3 is 2.96 bits per heavy atom. The molecule has 1 aliphatic heterocycles. The van der Waals surface area contributed by atoms with Crippen molar-refractivity contribution in [3.05, 3.63) is 71.8 Å². The van der Waals surface area contributed by atoms with E-state index in [0.717, 1.165) is 27.9 Å². The highest BCUT2D eigenvalue weighted by Gasteiger charge is 2.50. The maximum absolute atomic E-state index is 12.2. The Hall–Kier alpha value is -2.88. The molecule has 2 aliphatic rings. The third-order valence-electron chi connectivity index (χ3n) is 5.64. The molecule has 130 valence electrons. The van der Waals surface area contributed by atoms with Crippen molar-refractivity contribution in [2.75, 3.05) is 0 Å². The monoisotopic (exact) mass is 345 g/mol. The summed E-state index contributed by atoms with van der Waals surface area (Å²) in [5.74, 6) is 0.908. The molecule has 4 atom stereocenters. The number of hydrogen-bond donors (Lipinski definition) is 0. The molecule has 1 unspecified atom stereocenters. The van der Waals surface area contributed by atoms with Crippen LogP contribution in [0.3, 0.4) is 0 Å². The molecule has 3 heterocycles. The van der Waals surface area contributed by atoms with Gasteiger partial charge in [0.2, 0.25) is 0 Å². The zero-order chi connectivity index (χ0) is 17.7. The highest BCUT2D eigenvalue weighted by atomic mass is 16.6. The van der Waals surface area contributed by atoms with E-state index in [1.807, 2.05) is 43.3 Å². The SMILES string of the molecule is C[C@@H]1OC(=O)[C@H]2Cc3ccoc3C(C=Cc3ccc4ccccc4n3)[C@@H]12. The minimum Gasteiger partial charge on any atom is -0.468 e. The number of ether oxygens (including phenoxy) is 1. The van der Waals surface area contributed by atoms with Crippen LogP contribution in [0, 0.1) is 11.8 Å². The van der Waals surface area contributed by atoms with E-state index in [4.69, 9.17) is 14.1 Å². The number of carbonyl (C=O) groups is 1. The fourth-order valence-electron chi connectivity index (χ4n) is 4.41. The van der Waals surface area contributed by atoms with Crippen molar-refractivity contribution in [3.8, 4) is 0 Å². The fourth-order valence-corrected chi connectivity index (χ4v) is 4.41. The average Bonchev–Trinajstić information content (AvgIpc) is 3.23. The summed E-state index contributed by atoms with van der Waals surface area (Å²) >= 11 is 0. The quantitative estimate of drug-likeness (QED) is 0.648. The number of nitrogens with zero attached hydrogens (tertiary/aromatic N) is 1. The average molecular weight is 345 g/mol. The Bertz CT molecular complexity index is 1020. The number of rotatable bonds is 2. The minimum absolute atomic E-state index is 0.0217. The van der Waals surface area contributed by atoms with Crippen molar-refractivity contribution < 1.29 is 13.9 Å². The van der Waals surface area contributed by atoms with Gasteiger partial charge >= 0.3 is 5.97 Å². The van der Waals surface area contributed by atoms with Crippen LogP contribution < -0.4 is 0 Å². The van der Waals surface area contributed by atoms with Crippen LogP contribution in [0.25, 0.3) is 17.0 Å². The second-order valence-corrected chi connectivity index (χ2v) is 7.15. The smallest absolute Gasteiger partial charge is 0.310 e. The van der Waals surface area contributed by atoms with Gasteiger partial charge in [-0.1, -0.05) is 30.3 Å². The first kappa shape index (κ1) is 15.4. The van der Waals surface area contributed by atoms with Gasteiger partial charge in [0.25, 0.3) is 0 Å². The molecule has 3 aromatic rings. The van der Waals surface area contributed by atoms with Crippen LogP contribution in [0.1, 0.15) is 29.9 Å². The zero-order valence-electron chi connectivity index (χ0n) is 14.5. The Morgan fingerprint density at radius 1 is 1.15 bits per heavy atom. The molecule has 0 radical (unpaired) electrons. The molecule has 2 aromatic heterocycles. The normalized spacial score (nSPS) is 27.5. The molecular weight excluding hydrogens is 326 g/mol. The predicted molar refractivity (Wildman–Crippen MR) is 98.5 cm³/mol. The molecule has 0 N–H and O–H groups in total. The summed E-state index contributed by atoms with van der Waals surface area (Å²) in [4.78, 5) is 16.9. The van der Waals surface area contributed by atoms with Gasteiger partial charge in [-0.15, -0.1) is 0 Å². The molecule has 0 saturated carbocycles. The molecule has 4 nitrogen and oxygen atoms in total. The largest absolute Gasteiger partial charge is 0.468 e. The molecule has 0 spiro atoms. The third kappa shape index (κ3) is 2.37. The van der Waals surface area contributed by atoms with Gasteiger partial charge in [0.1, 0.15) is 11.9 Å². The van der Waals surface area contributed by atoms with E-state index < -0.39 is 0 Å². The molecule has 4 heteroatoms. The standard InChI is InChI=1S/C22H19NO3/c1-13-20-17(21-15(10-11-25-21)12-18(20)22(24)26-13)9-8-16-7-6-14-4-2-3-5-19(14)23-16/h2-11,13,17-18,20H,12H2,1H3/t13-,17?,18-,20+/m0/s1. The number of cyclic esters (lactones) is 1. The highest BCUT2D eigenvalue weighted by molar-refractivity contribution is 5.79. The predicted octanol–water partition coefficient (Wildman–Crippen LogP) is 4.36. The number of aromatic nitrogens is 1. The molecule has 1 aromatic carbocycles. The Balaban J connectivity index is 1.53. The van der Waals surface area contributed by atoms with Crippen molar-refractivity contribution in [3.63, 3.8) is 0 Å². The van der Waals surface area contributed by atoms with E-state index in [1.165, 1.54) is 0 Å². The van der Waals surface area contributed by atoms with Crippen LogP contribution in [0.15, 0.2) is 59.2 Å². The zero-order valence-corrected chi connectivity index (χ0v) is 14.5. The van der Waals surface area contributed by atoms with Crippen molar-refractivity contribution in [1.29, 1.82) is 0 Å². The Morgan fingerprint density at radius 2 is 2.04 bits per heavy atom. The number of para-hydroxylation sites is 1. The summed E-state index contributed by atoms with van der Waals surface area (Å²) in [6, 6.07) is 14.1. The number of pyridine rings is 1. The number of carbonyl (C=O) groups excluding carboxylic acids is 1. The van der Waals surface area contributed by atoms with Gasteiger partial charge in [-0.3, -0.25) is 4.79 Å². The van der Waals surface area contributed by atoms with Crippen molar-refractivity contribution in [2.24, 2.45) is 11.8 Å². The van der Waals surface area contributed by atoms with Gasteiger partial charge in [-0.2, -0.15) is 0 Å². The fraction of sp³-hybridized carbons (Fsp3) is 0.273. The highest BCUT2D eigenvalue weighted by Crippen LogP contribution is 2.47. The summed E-state index contributed by atoms with van der Waals surface area (Å²) in [6.07, 6.45) is 6.47. The first-order chi connectivity index (χ1) is 12.7. The summed E-state index contributed by atoms with van der Waals surface area (Å²) in [5, 5.41) is 1.12. The Labute approximate surface area is 151 Å². The first-order valence-corrected chi connectivity index (χ1v) is 9.01. The number of furan rings is 1. The second kappa shape index (κ2) is 5.84. The second-order valence-electron chi connectivity index (χ2n) is 7.15. The van der Waals surface area contributed by atoms with E-state index in [9.17, 15) is 4.79 Å². The maximum atomic E-state index is 12.2. The van der Waals surface area contributed by atoms with Gasteiger partial charge < -0.3 is 9.15 Å². The molecule has 26 heavy (non-hydrogen) atoms. The molecule has 0 amide bonds. The molecular formula is C22H19NO3. The first-order valence-electron chi connectivity index (χ1n) is 9.01. The van der Waals surface area contributed by atoms with Gasteiger partial charge in [-0.25, -0.2) is 4.98 Å². The lowest BCUT2D eigenvalue weighted by molar-refractivity contribution is -0.143. The van der Waals surface area contributed by atoms with Crippen molar-refractivity contribution >= 4 is 22.9 Å². The van der Waals surface area contributed by atoms with E-state index in [-0.39, 0.29) is 29.8 Å². The number of allylic oxidation sites excluding steroid dienone is 1. The van der Waals surface area contributed by atoms with Crippen LogP contribution >= 0.6 is 0 Å². The van der Waals surface area contributed by atoms with E-state index in [2.05, 4.69) is 18.2 Å². The van der Waals surface area contributed by atoms with E-state index in [1.54, 1.807) is 6.26 Å². The van der Waals surface area contributed by atoms with Crippen LogP contribution in [-0.4, -0.2) is 17.1 Å². The van der Waals surface area contributed by atoms with E-state index in [0.29, 0.717) is 6.42 Å². The summed E-state index contributed by atoms with van der Waals surface area (Å²) in [5.41, 5.74) is 2.98. The lowest BCUT2D eigenvalue weighted by Gasteiger charge is -2.29. The van der Waals surface area contributed by atoms with Crippen molar-refractivity contribution in [1.82, 2.24) is 4.98 Å². The molecule has 5 rings (SSSR count). The number of fused-ring (bicyclic) bond motifs is 3. The number of benzene rings is 1. The summed E-state index contributed by atoms with van der Waals surface area (Å²) < 4.78 is 11.3. The Kier molecular flexibility index (Phi) is 3.45. The van der Waals surface area contributed by atoms with Crippen LogP contribution in [-0.2, 0) is 16.0 Å². The van der Waals surface area contributed by atoms with Gasteiger partial charge in [-0.05, 0) is 43.2 Å². The summed E-state index contributed by atoms with van der Waals surface area (Å²) in [7, 11) is 0. The molecule has 1 aliphatic carbocycles. The third-order valence-corrected chi connectivity index (χ3v) is 5.64. The molecule has 1 saturated heterocycles. The van der Waals surface area contributed by atoms with Crippen LogP contribution in [0.5, 0.6) is 0 Å². The summed E-state index contributed by atoms with van der Waals surface area (Å²) in [6.45, 7) is 1.98. The number of esters is 1. The van der Waals surface area contributed by atoms with Gasteiger partial charge in [0, 0.05) is 17.2 Å². The number of hydrogen-bond acceptors (Lipinski definition) is 4.